The first-order chi connectivity index (χ1) is 10.2. The Kier molecular flexibility index (Phi) is 4.12. The Bertz CT molecular complexity index is 813. The zero-order valence-corrected chi connectivity index (χ0v) is 12.7. The number of hydrogen-bond donors (Lipinski definition) is 2. The second-order valence-electron chi connectivity index (χ2n) is 4.28. The van der Waals surface area contributed by atoms with Gasteiger partial charge in [-0.1, -0.05) is 17.8 Å². The first kappa shape index (κ1) is 14.0. The molecule has 0 aliphatic carbocycles. The highest BCUT2D eigenvalue weighted by molar-refractivity contribution is 7.99. The molecule has 0 saturated carbocycles. The molecule has 1 aromatic carbocycles. The lowest BCUT2D eigenvalue weighted by atomic mass is 10.3. The topological polar surface area (TPSA) is 81.0 Å². The maximum absolute atomic E-state index is 11.8. The van der Waals surface area contributed by atoms with Crippen LogP contribution in [0.5, 0.6) is 5.75 Å². The van der Waals surface area contributed by atoms with Crippen LogP contribution in [-0.2, 0) is 0 Å². The van der Waals surface area contributed by atoms with Gasteiger partial charge in [0.05, 0.1) is 12.0 Å². The van der Waals surface area contributed by atoms with Gasteiger partial charge < -0.3 is 15.5 Å². The molecular formula is C14H13N3O2S2. The number of nitrogens with two attached hydrogens (primary N) is 1. The fraction of sp³-hybridized carbons (Fsp3) is 0.143. The summed E-state index contributed by atoms with van der Waals surface area (Å²) in [4.78, 5) is 19.7. The molecule has 0 spiro atoms. The van der Waals surface area contributed by atoms with Crippen LogP contribution < -0.4 is 16.0 Å². The Hall–Kier alpha value is -1.99. The Labute approximate surface area is 129 Å². The molecule has 7 heteroatoms. The van der Waals surface area contributed by atoms with Gasteiger partial charge in [0.2, 0.25) is 0 Å². The zero-order chi connectivity index (χ0) is 14.7. The third kappa shape index (κ3) is 3.37. The highest BCUT2D eigenvalue weighted by Gasteiger charge is 2.05. The zero-order valence-electron chi connectivity index (χ0n) is 11.0. The predicted molar refractivity (Wildman–Crippen MR) is 87.3 cm³/mol. The molecule has 0 radical (unpaired) electrons. The maximum Gasteiger partial charge on any atom is 0.260 e. The minimum atomic E-state index is -0.0968. The van der Waals surface area contributed by atoms with Crippen molar-refractivity contribution in [2.45, 2.75) is 5.16 Å². The van der Waals surface area contributed by atoms with E-state index in [0.29, 0.717) is 28.6 Å². The van der Waals surface area contributed by atoms with Gasteiger partial charge in [0.1, 0.15) is 10.6 Å². The van der Waals surface area contributed by atoms with E-state index in [1.807, 2.05) is 23.6 Å². The number of thioether (sulfide) groups is 1. The SMILES string of the molecule is Nc1cccc(OCCSc2nc3sccc3c(=O)[nH]2)c1. The van der Waals surface area contributed by atoms with Crippen molar-refractivity contribution in [3.63, 3.8) is 0 Å². The number of aromatic nitrogens is 2. The van der Waals surface area contributed by atoms with Crippen LogP contribution in [0.1, 0.15) is 0 Å². The van der Waals surface area contributed by atoms with Crippen LogP contribution in [0.2, 0.25) is 0 Å². The van der Waals surface area contributed by atoms with E-state index in [2.05, 4.69) is 9.97 Å². The van der Waals surface area contributed by atoms with Gasteiger partial charge in [-0.2, -0.15) is 0 Å². The fourth-order valence-electron chi connectivity index (χ4n) is 1.82. The molecule has 0 aliphatic heterocycles. The number of ether oxygens (including phenoxy) is 1. The van der Waals surface area contributed by atoms with Gasteiger partial charge in [0.15, 0.2) is 5.16 Å². The minimum Gasteiger partial charge on any atom is -0.493 e. The van der Waals surface area contributed by atoms with Crippen molar-refractivity contribution in [2.75, 3.05) is 18.1 Å². The van der Waals surface area contributed by atoms with Crippen molar-refractivity contribution in [1.82, 2.24) is 9.97 Å². The Morgan fingerprint density at radius 2 is 2.29 bits per heavy atom. The highest BCUT2D eigenvalue weighted by Crippen LogP contribution is 2.19. The van der Waals surface area contributed by atoms with Crippen LogP contribution in [0.4, 0.5) is 5.69 Å². The van der Waals surface area contributed by atoms with Crippen molar-refractivity contribution in [3.8, 4) is 5.75 Å². The largest absolute Gasteiger partial charge is 0.493 e. The van der Waals surface area contributed by atoms with Crippen molar-refractivity contribution in [2.24, 2.45) is 0 Å². The van der Waals surface area contributed by atoms with Gasteiger partial charge in [0, 0.05) is 17.5 Å². The maximum atomic E-state index is 11.8. The summed E-state index contributed by atoms with van der Waals surface area (Å²) in [6.07, 6.45) is 0. The van der Waals surface area contributed by atoms with Gasteiger partial charge in [-0.25, -0.2) is 4.98 Å². The first-order valence-electron chi connectivity index (χ1n) is 6.31. The standard InChI is InChI=1S/C14H13N3O2S2/c15-9-2-1-3-10(8-9)19-5-7-21-14-16-12(18)11-4-6-20-13(11)17-14/h1-4,6,8H,5,7,15H2,(H,16,17,18). The number of nitrogens with one attached hydrogen (secondary N) is 1. The van der Waals surface area contributed by atoms with Crippen molar-refractivity contribution < 1.29 is 4.74 Å². The number of fused-ring (bicyclic) bond motifs is 1. The Morgan fingerprint density at radius 1 is 1.38 bits per heavy atom. The molecule has 0 amide bonds. The number of rotatable bonds is 5. The van der Waals surface area contributed by atoms with E-state index in [-0.39, 0.29) is 5.56 Å². The molecule has 3 N–H and O–H groups in total. The summed E-state index contributed by atoms with van der Waals surface area (Å²) in [5.41, 5.74) is 6.26. The summed E-state index contributed by atoms with van der Waals surface area (Å²) < 4.78 is 5.59. The van der Waals surface area contributed by atoms with Crippen LogP contribution in [0, 0.1) is 0 Å². The summed E-state index contributed by atoms with van der Waals surface area (Å²) in [6.45, 7) is 0.514. The lowest BCUT2D eigenvalue weighted by Crippen LogP contribution is -2.08. The number of nitrogen functional groups attached to an aromatic ring is 1. The number of aromatic amines is 1. The number of hydrogen-bond acceptors (Lipinski definition) is 6. The van der Waals surface area contributed by atoms with Crippen molar-refractivity contribution in [3.05, 3.63) is 46.1 Å². The van der Waals surface area contributed by atoms with E-state index in [1.54, 1.807) is 12.1 Å². The summed E-state index contributed by atoms with van der Waals surface area (Å²) in [7, 11) is 0. The molecule has 0 aliphatic rings. The van der Waals surface area contributed by atoms with E-state index in [4.69, 9.17) is 10.5 Å². The quantitative estimate of drug-likeness (QED) is 0.327. The lowest BCUT2D eigenvalue weighted by molar-refractivity contribution is 0.344. The molecule has 0 fully saturated rings. The van der Waals surface area contributed by atoms with Crippen LogP contribution in [-0.4, -0.2) is 22.3 Å². The van der Waals surface area contributed by atoms with Gasteiger partial charge in [-0.15, -0.1) is 11.3 Å². The minimum absolute atomic E-state index is 0.0968. The summed E-state index contributed by atoms with van der Waals surface area (Å²) in [6, 6.07) is 9.08. The van der Waals surface area contributed by atoms with Crippen LogP contribution in [0.25, 0.3) is 10.2 Å². The molecule has 2 heterocycles. The number of nitrogens with zero attached hydrogens (tertiary/aromatic N) is 1. The molecule has 21 heavy (non-hydrogen) atoms. The van der Waals surface area contributed by atoms with Crippen LogP contribution >= 0.6 is 23.1 Å². The normalized spacial score (nSPS) is 10.9. The molecule has 3 aromatic rings. The summed E-state index contributed by atoms with van der Waals surface area (Å²) in [5, 5.41) is 3.12. The van der Waals surface area contributed by atoms with E-state index >= 15 is 0 Å². The Balaban J connectivity index is 1.58. The molecule has 0 saturated heterocycles. The molecule has 0 atom stereocenters. The smallest absolute Gasteiger partial charge is 0.260 e. The van der Waals surface area contributed by atoms with Crippen molar-refractivity contribution >= 4 is 39.0 Å². The van der Waals surface area contributed by atoms with Crippen LogP contribution in [0.3, 0.4) is 0 Å². The van der Waals surface area contributed by atoms with Gasteiger partial charge >= 0.3 is 0 Å². The first-order valence-corrected chi connectivity index (χ1v) is 8.17. The third-order valence-electron chi connectivity index (χ3n) is 2.76. The van der Waals surface area contributed by atoms with Gasteiger partial charge in [0.25, 0.3) is 5.56 Å². The molecule has 5 nitrogen and oxygen atoms in total. The molecule has 3 rings (SSSR count). The van der Waals surface area contributed by atoms with E-state index < -0.39 is 0 Å². The molecule has 108 valence electrons. The lowest BCUT2D eigenvalue weighted by Gasteiger charge is -2.06. The van der Waals surface area contributed by atoms with E-state index in [1.165, 1.54) is 23.1 Å². The number of H-pyrrole nitrogens is 1. The van der Waals surface area contributed by atoms with Crippen LogP contribution in [0.15, 0.2) is 45.7 Å². The molecule has 0 bridgehead atoms. The molecule has 0 unspecified atom stereocenters. The monoisotopic (exact) mass is 319 g/mol. The molecule has 2 aromatic heterocycles. The average molecular weight is 319 g/mol. The fourth-order valence-corrected chi connectivity index (χ4v) is 3.32. The van der Waals surface area contributed by atoms with E-state index in [9.17, 15) is 4.79 Å². The molecular weight excluding hydrogens is 306 g/mol. The second-order valence-corrected chi connectivity index (χ2v) is 6.26. The van der Waals surface area contributed by atoms with Crippen molar-refractivity contribution in [1.29, 1.82) is 0 Å². The summed E-state index contributed by atoms with van der Waals surface area (Å²) in [5.74, 6) is 1.43. The number of benzene rings is 1. The highest BCUT2D eigenvalue weighted by atomic mass is 32.2. The second kappa shape index (κ2) is 6.19. The third-order valence-corrected chi connectivity index (χ3v) is 4.41. The van der Waals surface area contributed by atoms with Gasteiger partial charge in [-0.05, 0) is 23.6 Å². The van der Waals surface area contributed by atoms with Gasteiger partial charge in [-0.3, -0.25) is 4.79 Å². The number of anilines is 1. The Morgan fingerprint density at radius 3 is 3.14 bits per heavy atom. The van der Waals surface area contributed by atoms with E-state index in [0.717, 1.165) is 10.6 Å². The summed E-state index contributed by atoms with van der Waals surface area (Å²) >= 11 is 2.92. The average Bonchev–Trinajstić information content (AvgIpc) is 2.93. The predicted octanol–water partition coefficient (Wildman–Crippen LogP) is 2.74. The number of thiophene rings is 1.